The van der Waals surface area contributed by atoms with E-state index in [1.165, 1.54) is 0 Å². The summed E-state index contributed by atoms with van der Waals surface area (Å²) in [6.07, 6.45) is 0. The smallest absolute Gasteiger partial charge is 0.322 e. The van der Waals surface area contributed by atoms with Crippen molar-refractivity contribution in [2.75, 3.05) is 19.2 Å². The number of para-hydroxylation sites is 1. The first-order chi connectivity index (χ1) is 12.2. The first-order valence-electron chi connectivity index (χ1n) is 7.42. The fraction of sp³-hybridized carbons (Fsp3) is 0.118. The first-order valence-corrected chi connectivity index (χ1v) is 7.42. The Balaban J connectivity index is 1.54. The van der Waals surface area contributed by atoms with Gasteiger partial charge in [0.15, 0.2) is 11.5 Å². The lowest BCUT2D eigenvalue weighted by molar-refractivity contribution is 0.102. The van der Waals surface area contributed by atoms with Gasteiger partial charge in [0.05, 0.1) is 12.7 Å². The number of hydrogen-bond acceptors (Lipinski definition) is 7. The van der Waals surface area contributed by atoms with Crippen molar-refractivity contribution in [1.82, 2.24) is 10.2 Å². The second-order valence-electron chi connectivity index (χ2n) is 5.13. The Bertz CT molecular complexity index is 938. The molecule has 2 aromatic carbocycles. The number of amides is 1. The van der Waals surface area contributed by atoms with Crippen molar-refractivity contribution in [3.63, 3.8) is 0 Å². The highest BCUT2D eigenvalue weighted by Crippen LogP contribution is 2.33. The van der Waals surface area contributed by atoms with Gasteiger partial charge < -0.3 is 18.6 Å². The van der Waals surface area contributed by atoms with Crippen LogP contribution in [0, 0.1) is 0 Å². The van der Waals surface area contributed by atoms with Crippen molar-refractivity contribution in [3.05, 3.63) is 48.0 Å². The molecular weight excluding hydrogens is 326 g/mol. The highest BCUT2D eigenvalue weighted by atomic mass is 16.7. The van der Waals surface area contributed by atoms with Gasteiger partial charge in [0.25, 0.3) is 11.8 Å². The van der Waals surface area contributed by atoms with Crippen molar-refractivity contribution >= 4 is 11.9 Å². The van der Waals surface area contributed by atoms with Gasteiger partial charge in [-0.25, -0.2) is 0 Å². The third kappa shape index (κ3) is 2.85. The van der Waals surface area contributed by atoms with E-state index in [2.05, 4.69) is 15.5 Å². The van der Waals surface area contributed by atoms with Gasteiger partial charge in [0.1, 0.15) is 5.75 Å². The molecule has 0 unspecified atom stereocenters. The van der Waals surface area contributed by atoms with E-state index in [0.717, 1.165) is 0 Å². The monoisotopic (exact) mass is 339 g/mol. The lowest BCUT2D eigenvalue weighted by Gasteiger charge is -2.04. The van der Waals surface area contributed by atoms with Crippen LogP contribution in [0.1, 0.15) is 10.4 Å². The number of hydrogen-bond donors (Lipinski definition) is 1. The largest absolute Gasteiger partial charge is 0.496 e. The van der Waals surface area contributed by atoms with Gasteiger partial charge in [-0.3, -0.25) is 10.1 Å². The van der Waals surface area contributed by atoms with E-state index in [9.17, 15) is 4.79 Å². The van der Waals surface area contributed by atoms with E-state index in [-0.39, 0.29) is 18.7 Å². The number of carbonyl (C=O) groups excluding carboxylic acids is 1. The quantitative estimate of drug-likeness (QED) is 0.780. The van der Waals surface area contributed by atoms with E-state index < -0.39 is 5.91 Å². The normalized spacial score (nSPS) is 12.0. The van der Waals surface area contributed by atoms with E-state index in [1.807, 2.05) is 12.1 Å². The zero-order valence-electron chi connectivity index (χ0n) is 13.2. The molecule has 1 amide bonds. The average Bonchev–Trinajstić information content (AvgIpc) is 3.30. The molecule has 126 valence electrons. The number of anilines is 1. The van der Waals surface area contributed by atoms with E-state index in [4.69, 9.17) is 18.6 Å². The van der Waals surface area contributed by atoms with Crippen LogP contribution < -0.4 is 19.5 Å². The van der Waals surface area contributed by atoms with Crippen LogP contribution >= 0.6 is 0 Å². The Labute approximate surface area is 142 Å². The molecule has 8 nitrogen and oxygen atoms in total. The molecule has 25 heavy (non-hydrogen) atoms. The number of carbonyl (C=O) groups is 1. The van der Waals surface area contributed by atoms with Crippen LogP contribution in [0.25, 0.3) is 11.5 Å². The van der Waals surface area contributed by atoms with E-state index >= 15 is 0 Å². The number of nitrogens with zero attached hydrogens (tertiary/aromatic N) is 2. The minimum absolute atomic E-state index is 0.0106. The summed E-state index contributed by atoms with van der Waals surface area (Å²) >= 11 is 0. The molecular formula is C17H13N3O5. The maximum Gasteiger partial charge on any atom is 0.322 e. The Morgan fingerprint density at radius 3 is 2.84 bits per heavy atom. The highest BCUT2D eigenvalue weighted by Gasteiger charge is 2.18. The van der Waals surface area contributed by atoms with Gasteiger partial charge in [-0.1, -0.05) is 17.2 Å². The van der Waals surface area contributed by atoms with Crippen molar-refractivity contribution in [1.29, 1.82) is 0 Å². The summed E-state index contributed by atoms with van der Waals surface area (Å²) in [5.74, 6) is 1.58. The SMILES string of the molecule is COc1ccccc1-c1nnc(NC(=O)c2ccc3c(c2)OCO3)o1. The first kappa shape index (κ1) is 15.0. The lowest BCUT2D eigenvalue weighted by Crippen LogP contribution is -2.12. The predicted molar refractivity (Wildman–Crippen MR) is 86.8 cm³/mol. The van der Waals surface area contributed by atoms with Crippen molar-refractivity contribution in [2.24, 2.45) is 0 Å². The molecule has 0 aliphatic carbocycles. The van der Waals surface area contributed by atoms with Crippen LogP contribution in [0.4, 0.5) is 6.01 Å². The predicted octanol–water partition coefficient (Wildman–Crippen LogP) is 2.73. The molecule has 1 N–H and O–H groups in total. The molecule has 8 heteroatoms. The number of aromatic nitrogens is 2. The molecule has 0 fully saturated rings. The summed E-state index contributed by atoms with van der Waals surface area (Å²) in [6.45, 7) is 0.145. The number of ether oxygens (including phenoxy) is 3. The topological polar surface area (TPSA) is 95.7 Å². The molecule has 0 spiro atoms. The lowest BCUT2D eigenvalue weighted by atomic mass is 10.2. The zero-order chi connectivity index (χ0) is 17.2. The van der Waals surface area contributed by atoms with Crippen molar-refractivity contribution in [2.45, 2.75) is 0 Å². The number of nitrogens with one attached hydrogen (secondary N) is 1. The maximum absolute atomic E-state index is 12.3. The minimum atomic E-state index is -0.395. The summed E-state index contributed by atoms with van der Waals surface area (Å²) in [6, 6.07) is 12.1. The second-order valence-corrected chi connectivity index (χ2v) is 5.13. The van der Waals surface area contributed by atoms with E-state index in [0.29, 0.717) is 28.4 Å². The van der Waals surface area contributed by atoms with Gasteiger partial charge in [-0.05, 0) is 30.3 Å². The average molecular weight is 339 g/mol. The Kier molecular flexibility index (Phi) is 3.70. The summed E-state index contributed by atoms with van der Waals surface area (Å²) in [5, 5.41) is 10.3. The third-order valence-electron chi connectivity index (χ3n) is 3.62. The van der Waals surface area contributed by atoms with Gasteiger partial charge in [0.2, 0.25) is 6.79 Å². The molecule has 1 aliphatic rings. The van der Waals surface area contributed by atoms with Gasteiger partial charge in [-0.2, -0.15) is 0 Å². The van der Waals surface area contributed by atoms with Crippen LogP contribution in [-0.4, -0.2) is 30.0 Å². The number of benzene rings is 2. The standard InChI is InChI=1S/C17H13N3O5/c1-22-12-5-3-2-4-11(12)16-19-20-17(25-16)18-15(21)10-6-7-13-14(8-10)24-9-23-13/h2-8H,9H2,1H3,(H,18,20,21). The maximum atomic E-state index is 12.3. The van der Waals surface area contributed by atoms with Gasteiger partial charge in [0, 0.05) is 5.56 Å². The highest BCUT2D eigenvalue weighted by molar-refractivity contribution is 6.03. The minimum Gasteiger partial charge on any atom is -0.496 e. The number of rotatable bonds is 4. The molecule has 0 atom stereocenters. The molecule has 0 saturated heterocycles. The van der Waals surface area contributed by atoms with E-state index in [1.54, 1.807) is 37.4 Å². The Morgan fingerprint density at radius 1 is 1.12 bits per heavy atom. The number of methoxy groups -OCH3 is 1. The molecule has 3 aromatic rings. The summed E-state index contributed by atoms with van der Waals surface area (Å²) in [5.41, 5.74) is 1.03. The van der Waals surface area contributed by atoms with Crippen LogP contribution in [0.2, 0.25) is 0 Å². The van der Waals surface area contributed by atoms with Crippen LogP contribution in [0.5, 0.6) is 17.2 Å². The summed E-state index contributed by atoms with van der Waals surface area (Å²) in [4.78, 5) is 12.3. The fourth-order valence-electron chi connectivity index (χ4n) is 2.41. The third-order valence-corrected chi connectivity index (χ3v) is 3.62. The molecule has 2 heterocycles. The molecule has 4 rings (SSSR count). The molecule has 0 radical (unpaired) electrons. The molecule has 1 aliphatic heterocycles. The Morgan fingerprint density at radius 2 is 1.96 bits per heavy atom. The van der Waals surface area contributed by atoms with Crippen LogP contribution in [0.15, 0.2) is 46.9 Å². The van der Waals surface area contributed by atoms with Crippen LogP contribution in [0.3, 0.4) is 0 Å². The zero-order valence-corrected chi connectivity index (χ0v) is 13.2. The fourth-order valence-corrected chi connectivity index (χ4v) is 2.41. The van der Waals surface area contributed by atoms with Gasteiger partial charge >= 0.3 is 6.01 Å². The van der Waals surface area contributed by atoms with Gasteiger partial charge in [-0.15, -0.1) is 5.10 Å². The van der Waals surface area contributed by atoms with Crippen molar-refractivity contribution in [3.8, 4) is 28.7 Å². The number of fused-ring (bicyclic) bond motifs is 1. The summed E-state index contributed by atoms with van der Waals surface area (Å²) < 4.78 is 21.2. The molecule has 0 saturated carbocycles. The summed E-state index contributed by atoms with van der Waals surface area (Å²) in [7, 11) is 1.55. The Hall–Kier alpha value is -3.55. The molecule has 0 bridgehead atoms. The van der Waals surface area contributed by atoms with Crippen LogP contribution in [-0.2, 0) is 0 Å². The molecule has 1 aromatic heterocycles. The second kappa shape index (κ2) is 6.16. The van der Waals surface area contributed by atoms with Crippen molar-refractivity contribution < 1.29 is 23.4 Å².